The molecular weight excluding hydrogens is 236 g/mol. The van der Waals surface area contributed by atoms with Gasteiger partial charge in [-0.1, -0.05) is 17.7 Å². The summed E-state index contributed by atoms with van der Waals surface area (Å²) in [6.07, 6.45) is 0. The van der Waals surface area contributed by atoms with Crippen LogP contribution in [0.1, 0.15) is 22.5 Å². The highest BCUT2D eigenvalue weighted by Crippen LogP contribution is 2.23. The summed E-state index contributed by atoms with van der Waals surface area (Å²) in [5.41, 5.74) is 4.70. The number of aliphatic hydroxyl groups is 1. The first kappa shape index (κ1) is 12.1. The van der Waals surface area contributed by atoms with Crippen molar-refractivity contribution in [2.24, 2.45) is 0 Å². The van der Waals surface area contributed by atoms with Gasteiger partial charge in [-0.05, 0) is 44.0 Å². The molecule has 0 saturated carbocycles. The number of nitrogens with zero attached hydrogens (tertiary/aromatic N) is 2. The lowest BCUT2D eigenvalue weighted by Gasteiger charge is -2.08. The van der Waals surface area contributed by atoms with Crippen LogP contribution in [0.15, 0.2) is 18.2 Å². The molecule has 0 saturated heterocycles. The number of aliphatic hydroxyl groups excluding tert-OH is 1. The van der Waals surface area contributed by atoms with Gasteiger partial charge in [0.15, 0.2) is 0 Å². The molecule has 1 heterocycles. The summed E-state index contributed by atoms with van der Waals surface area (Å²) >= 11 is 6.12. The standard InChI is InChI=1S/C13H15ClN2O/c1-8-6-12(5-4-11(8)7-17)16-10(3)13(14)9(2)15-16/h4-6,17H,7H2,1-3H3. The molecule has 0 aliphatic carbocycles. The molecule has 0 amide bonds. The minimum absolute atomic E-state index is 0.0595. The summed E-state index contributed by atoms with van der Waals surface area (Å²) < 4.78 is 1.83. The van der Waals surface area contributed by atoms with E-state index in [-0.39, 0.29) is 6.61 Å². The quantitative estimate of drug-likeness (QED) is 0.890. The van der Waals surface area contributed by atoms with Crippen LogP contribution in [-0.2, 0) is 6.61 Å². The zero-order chi connectivity index (χ0) is 12.6. The molecule has 3 nitrogen and oxygen atoms in total. The smallest absolute Gasteiger partial charge is 0.0848 e. The van der Waals surface area contributed by atoms with E-state index in [1.807, 2.05) is 43.7 Å². The Labute approximate surface area is 106 Å². The molecule has 2 aromatic rings. The fraction of sp³-hybridized carbons (Fsp3) is 0.308. The third kappa shape index (κ3) is 2.08. The predicted molar refractivity (Wildman–Crippen MR) is 68.7 cm³/mol. The van der Waals surface area contributed by atoms with Gasteiger partial charge in [0.1, 0.15) is 0 Å². The Bertz CT molecular complexity index is 561. The van der Waals surface area contributed by atoms with E-state index >= 15 is 0 Å². The van der Waals surface area contributed by atoms with Gasteiger partial charge in [-0.2, -0.15) is 5.10 Å². The molecule has 2 rings (SSSR count). The maximum atomic E-state index is 9.14. The highest BCUT2D eigenvalue weighted by molar-refractivity contribution is 6.31. The molecule has 0 radical (unpaired) electrons. The number of halogens is 1. The van der Waals surface area contributed by atoms with Crippen molar-refractivity contribution < 1.29 is 5.11 Å². The maximum absolute atomic E-state index is 9.14. The van der Waals surface area contributed by atoms with Crippen molar-refractivity contribution in [1.82, 2.24) is 9.78 Å². The fourth-order valence-electron chi connectivity index (χ4n) is 1.86. The van der Waals surface area contributed by atoms with Gasteiger partial charge in [-0.3, -0.25) is 0 Å². The molecule has 0 bridgehead atoms. The van der Waals surface area contributed by atoms with Crippen LogP contribution in [0.25, 0.3) is 5.69 Å². The zero-order valence-corrected chi connectivity index (χ0v) is 10.9. The third-order valence-electron chi connectivity index (χ3n) is 2.94. The zero-order valence-electron chi connectivity index (χ0n) is 10.2. The highest BCUT2D eigenvalue weighted by atomic mass is 35.5. The number of hydrogen-bond acceptors (Lipinski definition) is 2. The Morgan fingerprint density at radius 1 is 1.29 bits per heavy atom. The largest absolute Gasteiger partial charge is 0.392 e. The summed E-state index contributed by atoms with van der Waals surface area (Å²) in [6.45, 7) is 5.87. The van der Waals surface area contributed by atoms with E-state index in [1.165, 1.54) is 0 Å². The molecule has 0 fully saturated rings. The van der Waals surface area contributed by atoms with Crippen molar-refractivity contribution in [3.63, 3.8) is 0 Å². The summed E-state index contributed by atoms with van der Waals surface area (Å²) in [7, 11) is 0. The molecule has 4 heteroatoms. The first-order valence-electron chi connectivity index (χ1n) is 5.47. The maximum Gasteiger partial charge on any atom is 0.0848 e. The van der Waals surface area contributed by atoms with Crippen molar-refractivity contribution in [3.8, 4) is 5.69 Å². The first-order valence-corrected chi connectivity index (χ1v) is 5.85. The molecule has 1 N–H and O–H groups in total. The van der Waals surface area contributed by atoms with Gasteiger partial charge in [0.25, 0.3) is 0 Å². The van der Waals surface area contributed by atoms with Gasteiger partial charge in [0, 0.05) is 0 Å². The van der Waals surface area contributed by atoms with Gasteiger partial charge in [0.2, 0.25) is 0 Å². The Kier molecular flexibility index (Phi) is 3.22. The van der Waals surface area contributed by atoms with Gasteiger partial charge < -0.3 is 5.11 Å². The molecule has 0 unspecified atom stereocenters. The summed E-state index contributed by atoms with van der Waals surface area (Å²) in [4.78, 5) is 0. The molecule has 1 aromatic heterocycles. The van der Waals surface area contributed by atoms with Crippen LogP contribution in [-0.4, -0.2) is 14.9 Å². The summed E-state index contributed by atoms with van der Waals surface area (Å²) in [5.74, 6) is 0. The van der Waals surface area contributed by atoms with Crippen molar-refractivity contribution >= 4 is 11.6 Å². The average Bonchev–Trinajstić information content (AvgIpc) is 2.57. The number of rotatable bonds is 2. The van der Waals surface area contributed by atoms with Gasteiger partial charge in [0.05, 0.1) is 28.7 Å². The first-order chi connectivity index (χ1) is 8.04. The number of hydrogen-bond donors (Lipinski definition) is 1. The Morgan fingerprint density at radius 3 is 2.47 bits per heavy atom. The Morgan fingerprint density at radius 2 is 2.00 bits per heavy atom. The highest BCUT2D eigenvalue weighted by Gasteiger charge is 2.11. The van der Waals surface area contributed by atoms with Gasteiger partial charge in [-0.25, -0.2) is 4.68 Å². The van der Waals surface area contributed by atoms with Crippen LogP contribution in [0, 0.1) is 20.8 Å². The second kappa shape index (κ2) is 4.51. The normalized spacial score (nSPS) is 10.9. The third-order valence-corrected chi connectivity index (χ3v) is 3.49. The van der Waals surface area contributed by atoms with E-state index in [9.17, 15) is 0 Å². The van der Waals surface area contributed by atoms with Crippen LogP contribution >= 0.6 is 11.6 Å². The van der Waals surface area contributed by atoms with E-state index in [0.717, 1.165) is 28.2 Å². The van der Waals surface area contributed by atoms with E-state index < -0.39 is 0 Å². The molecule has 0 spiro atoms. The van der Waals surface area contributed by atoms with Crippen molar-refractivity contribution in [2.45, 2.75) is 27.4 Å². The van der Waals surface area contributed by atoms with Gasteiger partial charge in [-0.15, -0.1) is 0 Å². The van der Waals surface area contributed by atoms with Crippen LogP contribution in [0.5, 0.6) is 0 Å². The van der Waals surface area contributed by atoms with Gasteiger partial charge >= 0.3 is 0 Å². The number of aromatic nitrogens is 2. The molecular formula is C13H15ClN2O. The molecule has 0 aliphatic rings. The van der Waals surface area contributed by atoms with Crippen molar-refractivity contribution in [2.75, 3.05) is 0 Å². The van der Waals surface area contributed by atoms with Crippen LogP contribution in [0.2, 0.25) is 5.02 Å². The monoisotopic (exact) mass is 250 g/mol. The lowest BCUT2D eigenvalue weighted by atomic mass is 10.1. The topological polar surface area (TPSA) is 38.0 Å². The SMILES string of the molecule is Cc1cc(-n2nc(C)c(Cl)c2C)ccc1CO. The summed E-state index contributed by atoms with van der Waals surface area (Å²) in [5, 5.41) is 14.2. The van der Waals surface area contributed by atoms with Crippen LogP contribution in [0.3, 0.4) is 0 Å². The second-order valence-electron chi connectivity index (χ2n) is 4.17. The lowest BCUT2D eigenvalue weighted by molar-refractivity contribution is 0.281. The van der Waals surface area contributed by atoms with Crippen LogP contribution in [0.4, 0.5) is 0 Å². The minimum Gasteiger partial charge on any atom is -0.392 e. The van der Waals surface area contributed by atoms with E-state index in [0.29, 0.717) is 5.02 Å². The fourth-order valence-corrected chi connectivity index (χ4v) is 1.98. The number of aryl methyl sites for hydroxylation is 2. The van der Waals surface area contributed by atoms with E-state index in [4.69, 9.17) is 16.7 Å². The molecule has 0 aliphatic heterocycles. The number of benzene rings is 1. The van der Waals surface area contributed by atoms with Crippen molar-refractivity contribution in [1.29, 1.82) is 0 Å². The Balaban J connectivity index is 2.53. The predicted octanol–water partition coefficient (Wildman–Crippen LogP) is 2.94. The molecule has 17 heavy (non-hydrogen) atoms. The molecule has 1 aromatic carbocycles. The molecule has 0 atom stereocenters. The van der Waals surface area contributed by atoms with Crippen LogP contribution < -0.4 is 0 Å². The van der Waals surface area contributed by atoms with E-state index in [1.54, 1.807) is 0 Å². The Hall–Kier alpha value is -1.32. The van der Waals surface area contributed by atoms with E-state index in [2.05, 4.69) is 5.10 Å². The lowest BCUT2D eigenvalue weighted by Crippen LogP contribution is -2.00. The second-order valence-corrected chi connectivity index (χ2v) is 4.54. The minimum atomic E-state index is 0.0595. The van der Waals surface area contributed by atoms with Crippen molar-refractivity contribution in [3.05, 3.63) is 45.7 Å². The molecule has 90 valence electrons. The summed E-state index contributed by atoms with van der Waals surface area (Å²) in [6, 6.07) is 5.85. The average molecular weight is 251 g/mol.